The molecule has 0 saturated carbocycles. The van der Waals surface area contributed by atoms with E-state index in [1.807, 2.05) is 4.98 Å². The first-order valence-electron chi connectivity index (χ1n) is 2.91. The Kier molecular flexibility index (Phi) is 2.10. The normalized spacial score (nSPS) is 11.6. The van der Waals surface area contributed by atoms with Crippen LogP contribution in [0.3, 0.4) is 0 Å². The van der Waals surface area contributed by atoms with Crippen molar-refractivity contribution in [1.29, 1.82) is 0 Å². The molecule has 0 amide bonds. The van der Waals surface area contributed by atoms with Crippen LogP contribution in [0.15, 0.2) is 12.1 Å². The van der Waals surface area contributed by atoms with Crippen LogP contribution in [0.4, 0.5) is 13.2 Å². The van der Waals surface area contributed by atoms with Gasteiger partial charge in [-0.2, -0.15) is 13.2 Å². The highest BCUT2D eigenvalue weighted by atomic mass is 32.1. The predicted molar refractivity (Wildman–Crippen MR) is 38.3 cm³/mol. The summed E-state index contributed by atoms with van der Waals surface area (Å²) in [5.74, 6) is -0.363. The monoisotopic (exact) mass is 195 g/mol. The second-order valence-corrected chi connectivity index (χ2v) is 2.49. The van der Waals surface area contributed by atoms with Crippen LogP contribution in [0.5, 0.6) is 5.75 Å². The molecule has 12 heavy (non-hydrogen) atoms. The molecule has 0 bridgehead atoms. The van der Waals surface area contributed by atoms with Crippen molar-refractivity contribution in [3.63, 3.8) is 0 Å². The van der Waals surface area contributed by atoms with Crippen molar-refractivity contribution in [3.8, 4) is 5.75 Å². The molecule has 1 rings (SSSR count). The van der Waals surface area contributed by atoms with Gasteiger partial charge in [-0.25, -0.2) is 0 Å². The van der Waals surface area contributed by atoms with Gasteiger partial charge in [-0.15, -0.1) is 0 Å². The van der Waals surface area contributed by atoms with Gasteiger partial charge in [0.25, 0.3) is 0 Å². The average molecular weight is 195 g/mol. The number of pyridine rings is 1. The van der Waals surface area contributed by atoms with Crippen LogP contribution in [0.2, 0.25) is 0 Å². The zero-order valence-corrected chi connectivity index (χ0v) is 6.46. The van der Waals surface area contributed by atoms with E-state index < -0.39 is 11.9 Å². The number of hydrogen-bond donors (Lipinski definition) is 2. The van der Waals surface area contributed by atoms with E-state index in [1.165, 1.54) is 0 Å². The Labute approximate surface area is 70.7 Å². The van der Waals surface area contributed by atoms with Gasteiger partial charge in [-0.1, -0.05) is 12.2 Å². The van der Waals surface area contributed by atoms with Gasteiger partial charge in [0, 0.05) is 0 Å². The number of aromatic hydroxyl groups is 1. The zero-order valence-electron chi connectivity index (χ0n) is 5.64. The Hall–Kier alpha value is -1.04. The minimum atomic E-state index is -4.46. The third-order valence-electron chi connectivity index (χ3n) is 1.19. The third kappa shape index (κ3) is 1.76. The Balaban J connectivity index is 3.23. The predicted octanol–water partition coefficient (Wildman–Crippen LogP) is 2.47. The van der Waals surface area contributed by atoms with E-state index in [4.69, 9.17) is 5.11 Å². The van der Waals surface area contributed by atoms with E-state index in [1.54, 1.807) is 0 Å². The number of aromatic nitrogens is 1. The fourth-order valence-electron chi connectivity index (χ4n) is 0.631. The van der Waals surface area contributed by atoms with E-state index in [9.17, 15) is 13.2 Å². The van der Waals surface area contributed by atoms with Crippen molar-refractivity contribution in [2.75, 3.05) is 0 Å². The van der Waals surface area contributed by atoms with Gasteiger partial charge < -0.3 is 10.1 Å². The van der Waals surface area contributed by atoms with Crippen molar-refractivity contribution in [2.45, 2.75) is 6.18 Å². The highest BCUT2D eigenvalue weighted by Gasteiger charge is 2.31. The SMILES string of the molecule is Oc1ccc(C(F)(F)F)[nH]c1=S. The van der Waals surface area contributed by atoms with Crippen molar-refractivity contribution in [2.24, 2.45) is 0 Å². The number of alkyl halides is 3. The summed E-state index contributed by atoms with van der Waals surface area (Å²) in [6, 6.07) is 1.63. The van der Waals surface area contributed by atoms with Crippen molar-refractivity contribution in [3.05, 3.63) is 22.5 Å². The van der Waals surface area contributed by atoms with Crippen LogP contribution in [-0.2, 0) is 6.18 Å². The smallest absolute Gasteiger partial charge is 0.431 e. The molecule has 0 aliphatic carbocycles. The van der Waals surface area contributed by atoms with Gasteiger partial charge in [0.05, 0.1) is 0 Å². The Morgan fingerprint density at radius 1 is 1.33 bits per heavy atom. The number of hydrogen-bond acceptors (Lipinski definition) is 2. The highest BCUT2D eigenvalue weighted by Crippen LogP contribution is 2.28. The molecule has 2 nitrogen and oxygen atoms in total. The number of rotatable bonds is 0. The maximum atomic E-state index is 11.9. The van der Waals surface area contributed by atoms with E-state index >= 15 is 0 Å². The van der Waals surface area contributed by atoms with E-state index in [-0.39, 0.29) is 10.4 Å². The van der Waals surface area contributed by atoms with E-state index in [0.29, 0.717) is 0 Å². The topological polar surface area (TPSA) is 36.0 Å². The van der Waals surface area contributed by atoms with Gasteiger partial charge in [-0.05, 0) is 12.1 Å². The summed E-state index contributed by atoms with van der Waals surface area (Å²) >= 11 is 4.40. The molecular formula is C6H4F3NOS. The molecule has 6 heteroatoms. The van der Waals surface area contributed by atoms with Gasteiger partial charge in [-0.3, -0.25) is 0 Å². The Morgan fingerprint density at radius 2 is 1.92 bits per heavy atom. The first-order chi connectivity index (χ1) is 5.41. The first kappa shape index (κ1) is 9.05. The van der Waals surface area contributed by atoms with Crippen LogP contribution >= 0.6 is 12.2 Å². The average Bonchev–Trinajstić information content (AvgIpc) is 1.92. The maximum absolute atomic E-state index is 11.9. The van der Waals surface area contributed by atoms with E-state index in [0.717, 1.165) is 12.1 Å². The molecule has 0 saturated heterocycles. The number of aromatic amines is 1. The summed E-state index contributed by atoms with van der Waals surface area (Å²) in [5, 5.41) is 8.81. The molecule has 2 N–H and O–H groups in total. The molecule has 1 aromatic heterocycles. The summed E-state index contributed by atoms with van der Waals surface area (Å²) in [6.07, 6.45) is -4.46. The highest BCUT2D eigenvalue weighted by molar-refractivity contribution is 7.71. The van der Waals surface area contributed by atoms with Gasteiger partial charge in [0.1, 0.15) is 16.1 Å². The lowest BCUT2D eigenvalue weighted by molar-refractivity contribution is -0.141. The second kappa shape index (κ2) is 2.78. The van der Waals surface area contributed by atoms with Crippen LogP contribution in [-0.4, -0.2) is 10.1 Å². The molecule has 1 aromatic rings. The quantitative estimate of drug-likeness (QED) is 0.624. The van der Waals surface area contributed by atoms with Crippen molar-refractivity contribution in [1.82, 2.24) is 4.98 Å². The molecule has 0 radical (unpaired) electrons. The molecule has 0 aliphatic heterocycles. The minimum absolute atomic E-state index is 0.315. The first-order valence-corrected chi connectivity index (χ1v) is 3.31. The Bertz CT molecular complexity index is 343. The van der Waals surface area contributed by atoms with E-state index in [2.05, 4.69) is 12.2 Å². The summed E-state index contributed by atoms with van der Waals surface area (Å²) < 4.78 is 35.5. The molecule has 66 valence electrons. The third-order valence-corrected chi connectivity index (χ3v) is 1.51. The van der Waals surface area contributed by atoms with Crippen LogP contribution in [0, 0.1) is 4.64 Å². The standard InChI is InChI=1S/C6H4F3NOS/c7-6(8,9)4-2-1-3(11)5(12)10-4/h1-2,11H,(H,10,12). The van der Waals surface area contributed by atoms with Crippen LogP contribution in [0.25, 0.3) is 0 Å². The molecular weight excluding hydrogens is 191 g/mol. The van der Waals surface area contributed by atoms with Crippen molar-refractivity contribution < 1.29 is 18.3 Å². The van der Waals surface area contributed by atoms with Crippen LogP contribution in [0.1, 0.15) is 5.69 Å². The molecule has 0 aliphatic rings. The summed E-state index contributed by atoms with van der Waals surface area (Å²) in [4.78, 5) is 1.86. The molecule has 0 fully saturated rings. The lowest BCUT2D eigenvalue weighted by Gasteiger charge is -2.05. The molecule has 0 spiro atoms. The van der Waals surface area contributed by atoms with Crippen LogP contribution < -0.4 is 0 Å². The fourth-order valence-corrected chi connectivity index (χ4v) is 0.809. The molecule has 0 unspecified atom stereocenters. The Morgan fingerprint density at radius 3 is 2.33 bits per heavy atom. The second-order valence-electron chi connectivity index (χ2n) is 2.08. The van der Waals surface area contributed by atoms with Gasteiger partial charge in [0.2, 0.25) is 0 Å². The van der Waals surface area contributed by atoms with Crippen molar-refractivity contribution >= 4 is 12.2 Å². The zero-order chi connectivity index (χ0) is 9.35. The summed E-state index contributed by atoms with van der Waals surface area (Å²) in [6.45, 7) is 0. The summed E-state index contributed by atoms with van der Waals surface area (Å²) in [5.41, 5.74) is -0.967. The summed E-state index contributed by atoms with van der Waals surface area (Å²) in [7, 11) is 0. The lowest BCUT2D eigenvalue weighted by Crippen LogP contribution is -2.07. The lowest BCUT2D eigenvalue weighted by atomic mass is 10.3. The number of nitrogens with one attached hydrogen (secondary N) is 1. The molecule has 0 aromatic carbocycles. The minimum Gasteiger partial charge on any atom is -0.505 e. The van der Waals surface area contributed by atoms with Gasteiger partial charge in [0.15, 0.2) is 0 Å². The largest absolute Gasteiger partial charge is 0.505 e. The fraction of sp³-hybridized carbons (Fsp3) is 0.167. The number of halogens is 3. The molecule has 0 atom stereocenters. The number of H-pyrrole nitrogens is 1. The molecule has 1 heterocycles. The maximum Gasteiger partial charge on any atom is 0.431 e. The van der Waals surface area contributed by atoms with Gasteiger partial charge >= 0.3 is 6.18 Å².